The number of aromatic hydroxyl groups is 1. The Morgan fingerprint density at radius 3 is 2.79 bits per heavy atom. The molecule has 0 spiro atoms. The monoisotopic (exact) mass is 260 g/mol. The fraction of sp³-hybridized carbons (Fsp3) is 0.400. The van der Waals surface area contributed by atoms with Crippen molar-refractivity contribution in [2.24, 2.45) is 0 Å². The molecule has 1 aromatic carbocycles. The van der Waals surface area contributed by atoms with E-state index in [1.54, 1.807) is 6.07 Å². The third-order valence-electron chi connectivity index (χ3n) is 3.31. The Morgan fingerprint density at radius 2 is 2.05 bits per heavy atom. The topological polar surface area (TPSA) is 56.3 Å². The van der Waals surface area contributed by atoms with Crippen molar-refractivity contribution >= 4 is 10.9 Å². The Morgan fingerprint density at radius 1 is 1.32 bits per heavy atom. The molecule has 0 unspecified atom stereocenters. The number of aromatic nitrogens is 1. The molecule has 0 bridgehead atoms. The number of aromatic amines is 1. The average molecular weight is 260 g/mol. The quantitative estimate of drug-likeness (QED) is 0.868. The molecule has 19 heavy (non-hydrogen) atoms. The molecule has 0 saturated carbocycles. The van der Waals surface area contributed by atoms with Crippen molar-refractivity contribution in [2.75, 3.05) is 13.6 Å². The lowest BCUT2D eigenvalue weighted by Crippen LogP contribution is -2.24. The highest BCUT2D eigenvalue weighted by Gasteiger charge is 2.13. The molecule has 0 atom stereocenters. The van der Waals surface area contributed by atoms with Crippen molar-refractivity contribution in [3.05, 3.63) is 40.2 Å². The number of nitrogens with zero attached hydrogens (tertiary/aromatic N) is 1. The first-order valence-electron chi connectivity index (χ1n) is 6.65. The maximum atomic E-state index is 12.0. The zero-order valence-corrected chi connectivity index (χ0v) is 11.4. The standard InChI is InChI=1S/C15H20N2O2/c1-3-4-9-17(2)10-12-14(18)11-7-5-6-8-13(11)16-15(12)19/h5-8H,3-4,9-10H2,1-2H3,(H2,16,18,19). The van der Waals surface area contributed by atoms with E-state index in [4.69, 9.17) is 0 Å². The van der Waals surface area contributed by atoms with Gasteiger partial charge in [-0.2, -0.15) is 0 Å². The van der Waals surface area contributed by atoms with Gasteiger partial charge in [0, 0.05) is 11.9 Å². The molecular weight excluding hydrogens is 240 g/mol. The molecule has 1 heterocycles. The predicted molar refractivity (Wildman–Crippen MR) is 77.5 cm³/mol. The molecule has 0 fully saturated rings. The highest BCUT2D eigenvalue weighted by atomic mass is 16.3. The Balaban J connectivity index is 2.35. The number of hydrogen-bond donors (Lipinski definition) is 2. The number of H-pyrrole nitrogens is 1. The molecule has 4 heteroatoms. The summed E-state index contributed by atoms with van der Waals surface area (Å²) in [6.07, 6.45) is 2.20. The number of benzene rings is 1. The van der Waals surface area contributed by atoms with Gasteiger partial charge in [-0.25, -0.2) is 0 Å². The Bertz CT molecular complexity index is 619. The molecule has 0 aliphatic rings. The maximum Gasteiger partial charge on any atom is 0.256 e. The van der Waals surface area contributed by atoms with Crippen molar-refractivity contribution in [3.8, 4) is 5.75 Å². The predicted octanol–water partition coefficient (Wildman–Crippen LogP) is 2.47. The van der Waals surface area contributed by atoms with Crippen LogP contribution in [0.25, 0.3) is 10.9 Å². The number of pyridine rings is 1. The summed E-state index contributed by atoms with van der Waals surface area (Å²) >= 11 is 0. The lowest BCUT2D eigenvalue weighted by atomic mass is 10.1. The van der Waals surface area contributed by atoms with E-state index in [0.29, 0.717) is 23.0 Å². The second kappa shape index (κ2) is 5.89. The van der Waals surface area contributed by atoms with Gasteiger partial charge in [0.2, 0.25) is 0 Å². The summed E-state index contributed by atoms with van der Waals surface area (Å²) in [5.74, 6) is 0.0997. The van der Waals surface area contributed by atoms with Crippen molar-refractivity contribution in [3.63, 3.8) is 0 Å². The van der Waals surface area contributed by atoms with E-state index in [2.05, 4.69) is 16.8 Å². The molecule has 0 radical (unpaired) electrons. The van der Waals surface area contributed by atoms with E-state index in [9.17, 15) is 9.90 Å². The fourth-order valence-electron chi connectivity index (χ4n) is 2.19. The van der Waals surface area contributed by atoms with Gasteiger partial charge in [0.05, 0.1) is 11.1 Å². The van der Waals surface area contributed by atoms with Crippen LogP contribution in [0.5, 0.6) is 5.75 Å². The van der Waals surface area contributed by atoms with Crippen LogP contribution in [0.15, 0.2) is 29.1 Å². The third kappa shape index (κ3) is 2.96. The van der Waals surface area contributed by atoms with Gasteiger partial charge >= 0.3 is 0 Å². The summed E-state index contributed by atoms with van der Waals surface area (Å²) in [6, 6.07) is 7.30. The number of rotatable bonds is 5. The minimum absolute atomic E-state index is 0.0997. The van der Waals surface area contributed by atoms with Gasteiger partial charge in [-0.3, -0.25) is 4.79 Å². The summed E-state index contributed by atoms with van der Waals surface area (Å²) in [5, 5.41) is 11.0. The van der Waals surface area contributed by atoms with Crippen LogP contribution in [-0.2, 0) is 6.54 Å². The molecule has 4 nitrogen and oxygen atoms in total. The average Bonchev–Trinajstić information content (AvgIpc) is 2.41. The maximum absolute atomic E-state index is 12.0. The van der Waals surface area contributed by atoms with Crippen molar-refractivity contribution < 1.29 is 5.11 Å². The lowest BCUT2D eigenvalue weighted by molar-refractivity contribution is 0.313. The van der Waals surface area contributed by atoms with Crippen LogP contribution in [0.4, 0.5) is 0 Å². The number of nitrogens with one attached hydrogen (secondary N) is 1. The summed E-state index contributed by atoms with van der Waals surface area (Å²) < 4.78 is 0. The van der Waals surface area contributed by atoms with Crippen molar-refractivity contribution in [2.45, 2.75) is 26.3 Å². The molecular formula is C15H20N2O2. The van der Waals surface area contributed by atoms with Gasteiger partial charge < -0.3 is 15.0 Å². The smallest absolute Gasteiger partial charge is 0.256 e. The molecule has 0 amide bonds. The SMILES string of the molecule is CCCCN(C)Cc1c(O)c2ccccc2[nH]c1=O. The van der Waals surface area contributed by atoms with Crippen LogP contribution in [0.1, 0.15) is 25.3 Å². The first-order chi connectivity index (χ1) is 9.13. The van der Waals surface area contributed by atoms with Gasteiger partial charge in [-0.05, 0) is 32.1 Å². The number of unbranched alkanes of at least 4 members (excludes halogenated alkanes) is 1. The number of para-hydroxylation sites is 1. The highest BCUT2D eigenvalue weighted by Crippen LogP contribution is 2.25. The molecule has 2 aromatic rings. The van der Waals surface area contributed by atoms with Crippen molar-refractivity contribution in [1.29, 1.82) is 0 Å². The lowest BCUT2D eigenvalue weighted by Gasteiger charge is -2.17. The van der Waals surface area contributed by atoms with Gasteiger partial charge in [-0.15, -0.1) is 0 Å². The summed E-state index contributed by atoms with van der Waals surface area (Å²) in [4.78, 5) is 16.9. The van der Waals surface area contributed by atoms with Crippen LogP contribution in [-0.4, -0.2) is 28.6 Å². The van der Waals surface area contributed by atoms with Gasteiger partial charge in [0.15, 0.2) is 0 Å². The fourth-order valence-corrected chi connectivity index (χ4v) is 2.19. The zero-order valence-electron chi connectivity index (χ0n) is 11.4. The molecule has 102 valence electrons. The second-order valence-electron chi connectivity index (χ2n) is 4.92. The van der Waals surface area contributed by atoms with Crippen LogP contribution in [0.3, 0.4) is 0 Å². The molecule has 2 rings (SSSR count). The molecule has 0 saturated heterocycles. The summed E-state index contributed by atoms with van der Waals surface area (Å²) in [5.41, 5.74) is 0.904. The van der Waals surface area contributed by atoms with Crippen LogP contribution >= 0.6 is 0 Å². The van der Waals surface area contributed by atoms with Gasteiger partial charge in [-0.1, -0.05) is 25.5 Å². The van der Waals surface area contributed by atoms with E-state index in [1.807, 2.05) is 25.2 Å². The van der Waals surface area contributed by atoms with E-state index in [1.165, 1.54) is 0 Å². The molecule has 0 aliphatic heterocycles. The molecule has 2 N–H and O–H groups in total. The molecule has 1 aromatic heterocycles. The largest absolute Gasteiger partial charge is 0.507 e. The zero-order chi connectivity index (χ0) is 13.8. The minimum Gasteiger partial charge on any atom is -0.507 e. The van der Waals surface area contributed by atoms with Gasteiger partial charge in [0.1, 0.15) is 5.75 Å². The van der Waals surface area contributed by atoms with Crippen molar-refractivity contribution in [1.82, 2.24) is 9.88 Å². The first-order valence-corrected chi connectivity index (χ1v) is 6.65. The van der Waals surface area contributed by atoms with Crippen LogP contribution in [0, 0.1) is 0 Å². The van der Waals surface area contributed by atoms with Gasteiger partial charge in [0.25, 0.3) is 5.56 Å². The Labute approximate surface area is 112 Å². The molecule has 0 aliphatic carbocycles. The minimum atomic E-state index is -0.209. The summed E-state index contributed by atoms with van der Waals surface area (Å²) in [6.45, 7) is 3.52. The van der Waals surface area contributed by atoms with E-state index >= 15 is 0 Å². The Kier molecular flexibility index (Phi) is 4.22. The normalized spacial score (nSPS) is 11.3. The highest BCUT2D eigenvalue weighted by molar-refractivity contribution is 5.85. The van der Waals surface area contributed by atoms with Crippen LogP contribution in [0.2, 0.25) is 0 Å². The number of fused-ring (bicyclic) bond motifs is 1. The van der Waals surface area contributed by atoms with E-state index < -0.39 is 0 Å². The first kappa shape index (κ1) is 13.6. The van der Waals surface area contributed by atoms with E-state index in [0.717, 1.165) is 19.4 Å². The third-order valence-corrected chi connectivity index (χ3v) is 3.31. The number of hydrogen-bond acceptors (Lipinski definition) is 3. The Hall–Kier alpha value is -1.81. The van der Waals surface area contributed by atoms with E-state index in [-0.39, 0.29) is 11.3 Å². The van der Waals surface area contributed by atoms with Crippen LogP contribution < -0.4 is 5.56 Å². The summed E-state index contributed by atoms with van der Waals surface area (Å²) in [7, 11) is 1.96. The second-order valence-corrected chi connectivity index (χ2v) is 4.92.